The Hall–Kier alpha value is -2.91. The number of nitrogens with one attached hydrogen (secondary N) is 2. The molecule has 1 aromatic heterocycles. The van der Waals surface area contributed by atoms with E-state index in [9.17, 15) is 9.90 Å². The molecule has 1 aromatic carbocycles. The first-order valence-corrected chi connectivity index (χ1v) is 6.61. The molecule has 114 valence electrons. The van der Waals surface area contributed by atoms with Crippen LogP contribution in [0.15, 0.2) is 47.1 Å². The van der Waals surface area contributed by atoms with Gasteiger partial charge in [0.15, 0.2) is 0 Å². The summed E-state index contributed by atoms with van der Waals surface area (Å²) in [6, 6.07) is 9.70. The molecule has 1 atom stereocenters. The Labute approximate surface area is 128 Å². The molecule has 2 rings (SSSR count). The van der Waals surface area contributed by atoms with Crippen LogP contribution in [0.1, 0.15) is 11.9 Å². The number of furan rings is 1. The van der Waals surface area contributed by atoms with Crippen LogP contribution in [0.5, 0.6) is 5.75 Å². The molecule has 2 aromatic rings. The van der Waals surface area contributed by atoms with E-state index in [4.69, 9.17) is 15.6 Å². The summed E-state index contributed by atoms with van der Waals surface area (Å²) in [5.41, 5.74) is 0.555. The number of benzene rings is 1. The number of hydrogen-bond acceptors (Lipinski definition) is 4. The number of aliphatic hydroxyl groups is 1. The highest BCUT2D eigenvalue weighted by molar-refractivity contribution is 5.89. The summed E-state index contributed by atoms with van der Waals surface area (Å²) in [6.07, 6.45) is 5.68. The van der Waals surface area contributed by atoms with Crippen molar-refractivity contribution in [1.29, 1.82) is 0 Å². The smallest absolute Gasteiger partial charge is 0.319 e. The number of carbonyl (C=O) groups is 1. The molecule has 0 aliphatic rings. The quantitative estimate of drug-likeness (QED) is 0.714. The van der Waals surface area contributed by atoms with E-state index in [2.05, 4.69) is 16.6 Å². The summed E-state index contributed by atoms with van der Waals surface area (Å²) >= 11 is 0. The van der Waals surface area contributed by atoms with Crippen LogP contribution in [-0.4, -0.2) is 24.3 Å². The lowest BCUT2D eigenvalue weighted by Gasteiger charge is -2.11. The number of terminal acetylenes is 1. The van der Waals surface area contributed by atoms with Crippen molar-refractivity contribution in [2.75, 3.05) is 18.5 Å². The van der Waals surface area contributed by atoms with Crippen LogP contribution in [0.2, 0.25) is 0 Å². The van der Waals surface area contributed by atoms with Gasteiger partial charge in [-0.05, 0) is 24.3 Å². The second-order valence-electron chi connectivity index (χ2n) is 4.39. The fourth-order valence-electron chi connectivity index (χ4n) is 1.73. The summed E-state index contributed by atoms with van der Waals surface area (Å²) in [4.78, 5) is 11.8. The molecule has 2 amide bonds. The number of urea groups is 1. The van der Waals surface area contributed by atoms with Gasteiger partial charge in [0.25, 0.3) is 0 Å². The number of carbonyl (C=O) groups excluding carboxylic acids is 1. The molecule has 0 spiro atoms. The van der Waals surface area contributed by atoms with Crippen LogP contribution in [0, 0.1) is 12.3 Å². The Kier molecular flexibility index (Phi) is 5.46. The van der Waals surface area contributed by atoms with Gasteiger partial charge in [0.05, 0.1) is 12.8 Å². The lowest BCUT2D eigenvalue weighted by molar-refractivity contribution is 0.149. The van der Waals surface area contributed by atoms with Gasteiger partial charge in [-0.3, -0.25) is 0 Å². The molecule has 0 aliphatic heterocycles. The first kappa shape index (κ1) is 15.5. The van der Waals surface area contributed by atoms with E-state index in [1.54, 1.807) is 36.4 Å². The average Bonchev–Trinajstić information content (AvgIpc) is 3.05. The fraction of sp³-hybridized carbons (Fsp3) is 0.188. The minimum absolute atomic E-state index is 0.0344. The molecule has 0 saturated carbocycles. The SMILES string of the molecule is C#CCOc1cccc(NC(=O)NCC(O)c2ccco2)c1. The van der Waals surface area contributed by atoms with Crippen molar-refractivity contribution in [2.24, 2.45) is 0 Å². The summed E-state index contributed by atoms with van der Waals surface area (Å²) in [5.74, 6) is 3.32. The van der Waals surface area contributed by atoms with Crippen molar-refractivity contribution in [3.8, 4) is 18.1 Å². The molecular formula is C16H16N2O4. The highest BCUT2D eigenvalue weighted by Gasteiger charge is 2.11. The van der Waals surface area contributed by atoms with Gasteiger partial charge in [0, 0.05) is 11.8 Å². The molecule has 0 bridgehead atoms. The van der Waals surface area contributed by atoms with Gasteiger partial charge in [-0.2, -0.15) is 0 Å². The van der Waals surface area contributed by atoms with Crippen LogP contribution < -0.4 is 15.4 Å². The van der Waals surface area contributed by atoms with Gasteiger partial charge in [0.2, 0.25) is 0 Å². The van der Waals surface area contributed by atoms with Crippen molar-refractivity contribution >= 4 is 11.7 Å². The predicted octanol–water partition coefficient (Wildman–Crippen LogP) is 2.15. The monoisotopic (exact) mass is 300 g/mol. The van der Waals surface area contributed by atoms with Crippen molar-refractivity contribution in [1.82, 2.24) is 5.32 Å². The third kappa shape index (κ3) is 4.58. The molecule has 1 unspecified atom stereocenters. The largest absolute Gasteiger partial charge is 0.481 e. The number of hydrogen-bond donors (Lipinski definition) is 3. The molecule has 0 fully saturated rings. The van der Waals surface area contributed by atoms with Gasteiger partial charge in [-0.15, -0.1) is 6.42 Å². The van der Waals surface area contributed by atoms with E-state index in [1.165, 1.54) is 6.26 Å². The minimum atomic E-state index is -0.897. The minimum Gasteiger partial charge on any atom is -0.481 e. The highest BCUT2D eigenvalue weighted by Crippen LogP contribution is 2.17. The van der Waals surface area contributed by atoms with Crippen molar-refractivity contribution < 1.29 is 19.1 Å². The maximum Gasteiger partial charge on any atom is 0.319 e. The van der Waals surface area contributed by atoms with Crippen molar-refractivity contribution in [3.05, 3.63) is 48.4 Å². The number of rotatable bonds is 6. The normalized spacial score (nSPS) is 11.3. The van der Waals surface area contributed by atoms with Crippen molar-refractivity contribution in [2.45, 2.75) is 6.10 Å². The second kappa shape index (κ2) is 7.76. The summed E-state index contributed by atoms with van der Waals surface area (Å²) in [6.45, 7) is 0.192. The molecule has 0 aliphatic carbocycles. The first-order valence-electron chi connectivity index (χ1n) is 6.61. The summed E-state index contributed by atoms with van der Waals surface area (Å²) < 4.78 is 10.3. The maximum absolute atomic E-state index is 11.8. The van der Waals surface area contributed by atoms with E-state index in [1.807, 2.05) is 0 Å². The number of anilines is 1. The first-order chi connectivity index (χ1) is 10.7. The molecule has 22 heavy (non-hydrogen) atoms. The molecule has 6 nitrogen and oxygen atoms in total. The van der Waals surface area contributed by atoms with Crippen LogP contribution in [0.25, 0.3) is 0 Å². The summed E-state index contributed by atoms with van der Waals surface area (Å²) in [5, 5.41) is 15.0. The van der Waals surface area contributed by atoms with Crippen LogP contribution in [0.4, 0.5) is 10.5 Å². The van der Waals surface area contributed by atoms with Crippen LogP contribution in [0.3, 0.4) is 0 Å². The Balaban J connectivity index is 1.83. The van der Waals surface area contributed by atoms with Crippen molar-refractivity contribution in [3.63, 3.8) is 0 Å². The molecular weight excluding hydrogens is 284 g/mol. The zero-order valence-corrected chi connectivity index (χ0v) is 11.8. The Bertz CT molecular complexity index is 646. The zero-order valence-electron chi connectivity index (χ0n) is 11.8. The predicted molar refractivity (Wildman–Crippen MR) is 81.5 cm³/mol. The van der Waals surface area contributed by atoms with Crippen LogP contribution >= 0.6 is 0 Å². The van der Waals surface area contributed by atoms with E-state index in [-0.39, 0.29) is 13.2 Å². The standard InChI is InChI=1S/C16H16N2O4/c1-2-8-21-13-6-3-5-12(10-13)18-16(20)17-11-14(19)15-7-4-9-22-15/h1,3-7,9-10,14,19H,8,11H2,(H2,17,18,20). The van der Waals surface area contributed by atoms with E-state index in [0.717, 1.165) is 0 Å². The maximum atomic E-state index is 11.8. The highest BCUT2D eigenvalue weighted by atomic mass is 16.5. The average molecular weight is 300 g/mol. The summed E-state index contributed by atoms with van der Waals surface area (Å²) in [7, 11) is 0. The third-order valence-electron chi connectivity index (χ3n) is 2.74. The van der Waals surface area contributed by atoms with Gasteiger partial charge in [0.1, 0.15) is 24.2 Å². The topological polar surface area (TPSA) is 83.7 Å². The Morgan fingerprint density at radius 1 is 1.41 bits per heavy atom. The zero-order chi connectivity index (χ0) is 15.8. The fourth-order valence-corrected chi connectivity index (χ4v) is 1.73. The van der Waals surface area contributed by atoms with E-state index < -0.39 is 12.1 Å². The molecule has 6 heteroatoms. The van der Waals surface area contributed by atoms with Gasteiger partial charge < -0.3 is 24.9 Å². The Morgan fingerprint density at radius 2 is 2.27 bits per heavy atom. The third-order valence-corrected chi connectivity index (χ3v) is 2.74. The number of aliphatic hydroxyl groups excluding tert-OH is 1. The lowest BCUT2D eigenvalue weighted by atomic mass is 10.3. The molecule has 3 N–H and O–H groups in total. The van der Waals surface area contributed by atoms with Gasteiger partial charge >= 0.3 is 6.03 Å². The Morgan fingerprint density at radius 3 is 3.00 bits per heavy atom. The molecule has 0 radical (unpaired) electrons. The van der Waals surface area contributed by atoms with Gasteiger partial charge in [-0.1, -0.05) is 12.0 Å². The number of ether oxygens (including phenoxy) is 1. The molecule has 0 saturated heterocycles. The second-order valence-corrected chi connectivity index (χ2v) is 4.39. The van der Waals surface area contributed by atoms with E-state index in [0.29, 0.717) is 17.2 Å². The van der Waals surface area contributed by atoms with Gasteiger partial charge in [-0.25, -0.2) is 4.79 Å². The number of amides is 2. The molecule has 1 heterocycles. The van der Waals surface area contributed by atoms with Crippen LogP contribution in [-0.2, 0) is 0 Å². The van der Waals surface area contributed by atoms with E-state index >= 15 is 0 Å². The lowest BCUT2D eigenvalue weighted by Crippen LogP contribution is -2.32.